The van der Waals surface area contributed by atoms with Gasteiger partial charge in [0.1, 0.15) is 5.54 Å². The fourth-order valence-corrected chi connectivity index (χ4v) is 2.13. The lowest BCUT2D eigenvalue weighted by molar-refractivity contribution is -0.157. The van der Waals surface area contributed by atoms with E-state index in [4.69, 9.17) is 9.94 Å². The first-order valence-electron chi connectivity index (χ1n) is 5.66. The molecule has 1 aliphatic heterocycles. The molecular formula is C11H16N2O4. The zero-order valence-corrected chi connectivity index (χ0v) is 9.95. The minimum absolute atomic E-state index is 0.397. The molecule has 0 bridgehead atoms. The van der Waals surface area contributed by atoms with Gasteiger partial charge in [0, 0.05) is 6.42 Å². The Balaban J connectivity index is 2.05. The molecular weight excluding hydrogens is 224 g/mol. The van der Waals surface area contributed by atoms with E-state index in [2.05, 4.69) is 10.5 Å². The van der Waals surface area contributed by atoms with Crippen molar-refractivity contribution in [2.75, 3.05) is 0 Å². The van der Waals surface area contributed by atoms with Crippen LogP contribution in [-0.4, -0.2) is 33.8 Å². The maximum Gasteiger partial charge on any atom is 0.329 e. The molecule has 1 fully saturated rings. The summed E-state index contributed by atoms with van der Waals surface area (Å²) in [5.41, 5.74) is -1.43. The third-order valence-electron chi connectivity index (χ3n) is 3.45. The summed E-state index contributed by atoms with van der Waals surface area (Å²) in [6.45, 7) is 3.39. The molecule has 0 aromatic carbocycles. The lowest BCUT2D eigenvalue weighted by atomic mass is 9.76. The minimum Gasteiger partial charge on any atom is -0.480 e. The molecule has 1 aliphatic carbocycles. The number of carboxylic acid groups (broad SMARTS) is 1. The number of carbonyl (C=O) groups excluding carboxylic acids is 1. The van der Waals surface area contributed by atoms with Gasteiger partial charge in [-0.05, 0) is 33.1 Å². The Kier molecular flexibility index (Phi) is 2.60. The van der Waals surface area contributed by atoms with Crippen molar-refractivity contribution < 1.29 is 19.5 Å². The lowest BCUT2D eigenvalue weighted by Gasteiger charge is -2.39. The molecule has 17 heavy (non-hydrogen) atoms. The van der Waals surface area contributed by atoms with Crippen LogP contribution in [-0.2, 0) is 14.4 Å². The van der Waals surface area contributed by atoms with Gasteiger partial charge in [-0.15, -0.1) is 0 Å². The van der Waals surface area contributed by atoms with Crippen LogP contribution in [0.5, 0.6) is 0 Å². The van der Waals surface area contributed by atoms with E-state index in [0.29, 0.717) is 19.3 Å². The molecule has 1 amide bonds. The molecule has 1 unspecified atom stereocenters. The highest BCUT2D eigenvalue weighted by Gasteiger charge is 2.50. The molecule has 94 valence electrons. The van der Waals surface area contributed by atoms with Gasteiger partial charge in [0.25, 0.3) is 5.91 Å². The Morgan fingerprint density at radius 3 is 2.47 bits per heavy atom. The number of carboxylic acids is 1. The average Bonchev–Trinajstić information content (AvgIpc) is 2.52. The van der Waals surface area contributed by atoms with Crippen LogP contribution in [0.3, 0.4) is 0 Å². The Morgan fingerprint density at radius 2 is 2.12 bits per heavy atom. The summed E-state index contributed by atoms with van der Waals surface area (Å²) in [5, 5.41) is 15.5. The van der Waals surface area contributed by atoms with Crippen molar-refractivity contribution in [2.45, 2.75) is 50.7 Å². The first kappa shape index (κ1) is 11.9. The van der Waals surface area contributed by atoms with Crippen molar-refractivity contribution in [1.29, 1.82) is 0 Å². The second kappa shape index (κ2) is 3.72. The average molecular weight is 240 g/mol. The predicted octanol–water partition coefficient (Wildman–Crippen LogP) is 0.665. The van der Waals surface area contributed by atoms with Gasteiger partial charge in [-0.3, -0.25) is 4.79 Å². The van der Waals surface area contributed by atoms with E-state index in [9.17, 15) is 9.59 Å². The van der Waals surface area contributed by atoms with Gasteiger partial charge in [0.15, 0.2) is 0 Å². The topological polar surface area (TPSA) is 88.0 Å². The van der Waals surface area contributed by atoms with Crippen LogP contribution in [0.2, 0.25) is 0 Å². The normalized spacial score (nSPS) is 29.9. The number of aliphatic carboxylic acids is 1. The molecule has 2 rings (SSSR count). The summed E-state index contributed by atoms with van der Waals surface area (Å²) >= 11 is 0. The minimum atomic E-state index is -1.10. The molecule has 0 saturated heterocycles. The molecule has 1 saturated carbocycles. The monoisotopic (exact) mass is 240 g/mol. The maximum atomic E-state index is 12.1. The molecule has 6 nitrogen and oxygen atoms in total. The Hall–Kier alpha value is -1.59. The molecule has 1 atom stereocenters. The van der Waals surface area contributed by atoms with Crippen LogP contribution >= 0.6 is 0 Å². The number of oxime groups is 1. The molecule has 6 heteroatoms. The standard InChI is InChI=1S/C11H16N2O4/c1-7-6-10(2,17-13-7)8(14)12-11(9(15)16)4-3-5-11/h3-6H2,1-2H3,(H,12,14)(H,15,16). The van der Waals surface area contributed by atoms with E-state index in [1.54, 1.807) is 13.8 Å². The molecule has 1 heterocycles. The van der Waals surface area contributed by atoms with E-state index >= 15 is 0 Å². The van der Waals surface area contributed by atoms with Crippen molar-refractivity contribution in [1.82, 2.24) is 5.32 Å². The summed E-state index contributed by atoms with van der Waals surface area (Å²) in [6, 6.07) is 0. The van der Waals surface area contributed by atoms with E-state index < -0.39 is 23.0 Å². The largest absolute Gasteiger partial charge is 0.480 e. The number of nitrogens with one attached hydrogen (secondary N) is 1. The molecule has 2 N–H and O–H groups in total. The van der Waals surface area contributed by atoms with Crippen molar-refractivity contribution >= 4 is 17.6 Å². The fourth-order valence-electron chi connectivity index (χ4n) is 2.13. The fraction of sp³-hybridized carbons (Fsp3) is 0.727. The van der Waals surface area contributed by atoms with Crippen LogP contribution in [0.25, 0.3) is 0 Å². The summed E-state index contributed by atoms with van der Waals surface area (Å²) in [6.07, 6.45) is 2.17. The second-order valence-corrected chi connectivity index (χ2v) is 5.02. The highest BCUT2D eigenvalue weighted by Crippen LogP contribution is 2.34. The number of hydrogen-bond acceptors (Lipinski definition) is 4. The predicted molar refractivity (Wildman–Crippen MR) is 59.6 cm³/mol. The van der Waals surface area contributed by atoms with Crippen LogP contribution < -0.4 is 5.32 Å². The van der Waals surface area contributed by atoms with Gasteiger partial charge >= 0.3 is 5.97 Å². The number of carbonyl (C=O) groups is 2. The number of amides is 1. The van der Waals surface area contributed by atoms with E-state index in [0.717, 1.165) is 12.1 Å². The van der Waals surface area contributed by atoms with Crippen LogP contribution in [0.1, 0.15) is 39.5 Å². The summed E-state index contributed by atoms with van der Waals surface area (Å²) in [7, 11) is 0. The van der Waals surface area contributed by atoms with Gasteiger partial charge in [0.2, 0.25) is 5.60 Å². The number of hydrogen-bond donors (Lipinski definition) is 2. The second-order valence-electron chi connectivity index (χ2n) is 5.02. The van der Waals surface area contributed by atoms with Crippen LogP contribution in [0.4, 0.5) is 0 Å². The Labute approximate surface area is 99.0 Å². The number of rotatable bonds is 3. The van der Waals surface area contributed by atoms with Crippen LogP contribution in [0, 0.1) is 0 Å². The molecule has 2 aliphatic rings. The van der Waals surface area contributed by atoms with E-state index in [1.165, 1.54) is 0 Å². The van der Waals surface area contributed by atoms with Crippen LogP contribution in [0.15, 0.2) is 5.16 Å². The SMILES string of the molecule is CC1=NOC(C)(C(=O)NC2(C(=O)O)CCC2)C1. The molecule has 0 aromatic heterocycles. The highest BCUT2D eigenvalue weighted by molar-refractivity contribution is 5.97. The smallest absolute Gasteiger partial charge is 0.329 e. The maximum absolute atomic E-state index is 12.1. The van der Waals surface area contributed by atoms with Crippen molar-refractivity contribution in [3.8, 4) is 0 Å². The lowest BCUT2D eigenvalue weighted by Crippen LogP contribution is -2.63. The van der Waals surface area contributed by atoms with Crippen molar-refractivity contribution in [3.63, 3.8) is 0 Å². The van der Waals surface area contributed by atoms with E-state index in [1.807, 2.05) is 0 Å². The Morgan fingerprint density at radius 1 is 1.47 bits per heavy atom. The summed E-state index contributed by atoms with van der Waals surface area (Å²) in [4.78, 5) is 28.3. The zero-order chi connectivity index (χ0) is 12.7. The van der Waals surface area contributed by atoms with Gasteiger partial charge in [0.05, 0.1) is 5.71 Å². The first-order valence-corrected chi connectivity index (χ1v) is 5.66. The van der Waals surface area contributed by atoms with Gasteiger partial charge in [-0.25, -0.2) is 4.79 Å². The van der Waals surface area contributed by atoms with Gasteiger partial charge < -0.3 is 15.3 Å². The van der Waals surface area contributed by atoms with Crippen molar-refractivity contribution in [3.05, 3.63) is 0 Å². The molecule has 0 radical (unpaired) electrons. The van der Waals surface area contributed by atoms with Crippen molar-refractivity contribution in [2.24, 2.45) is 5.16 Å². The molecule has 0 spiro atoms. The molecule has 0 aromatic rings. The number of nitrogens with zero attached hydrogens (tertiary/aromatic N) is 1. The third-order valence-corrected chi connectivity index (χ3v) is 3.45. The zero-order valence-electron chi connectivity index (χ0n) is 9.95. The summed E-state index contributed by atoms with van der Waals surface area (Å²) < 4.78 is 0. The first-order chi connectivity index (χ1) is 7.88. The highest BCUT2D eigenvalue weighted by atomic mass is 16.7. The Bertz CT molecular complexity index is 400. The van der Waals surface area contributed by atoms with E-state index in [-0.39, 0.29) is 0 Å². The third kappa shape index (κ3) is 1.87. The quantitative estimate of drug-likeness (QED) is 0.758. The van der Waals surface area contributed by atoms with Gasteiger partial charge in [-0.1, -0.05) is 5.16 Å². The van der Waals surface area contributed by atoms with Gasteiger partial charge in [-0.2, -0.15) is 0 Å². The summed E-state index contributed by atoms with van der Waals surface area (Å²) in [5.74, 6) is -1.38.